The summed E-state index contributed by atoms with van der Waals surface area (Å²) in [6, 6.07) is 5.55. The van der Waals surface area contributed by atoms with Crippen LogP contribution in [-0.2, 0) is 0 Å². The fourth-order valence-corrected chi connectivity index (χ4v) is 3.92. The molecule has 0 aliphatic heterocycles. The van der Waals surface area contributed by atoms with Crippen LogP contribution in [0.3, 0.4) is 0 Å². The molecule has 1 aliphatic rings. The Labute approximate surface area is 177 Å². The van der Waals surface area contributed by atoms with E-state index in [9.17, 15) is 18.0 Å². The van der Waals surface area contributed by atoms with Gasteiger partial charge < -0.3 is 16.0 Å². The molecule has 30 heavy (non-hydrogen) atoms. The van der Waals surface area contributed by atoms with Gasteiger partial charge in [-0.2, -0.15) is 13.2 Å². The molecule has 0 radical (unpaired) electrons. The van der Waals surface area contributed by atoms with Crippen molar-refractivity contribution >= 4 is 30.0 Å². The first-order chi connectivity index (χ1) is 14.3. The molecule has 5 N–H and O–H groups in total. The smallest absolute Gasteiger partial charge is 0.383 e. The summed E-state index contributed by atoms with van der Waals surface area (Å²) in [6.07, 6.45) is 2.43. The molecule has 2 aromatic rings. The molecule has 0 amide bonds. The zero-order valence-electron chi connectivity index (χ0n) is 16.2. The van der Waals surface area contributed by atoms with Gasteiger partial charge in [0.05, 0.1) is 11.4 Å². The summed E-state index contributed by atoms with van der Waals surface area (Å²) in [5.41, 5.74) is 6.58. The third-order valence-electron chi connectivity index (χ3n) is 5.09. The van der Waals surface area contributed by atoms with Crippen molar-refractivity contribution in [3.8, 4) is 0 Å². The molecule has 0 unspecified atom stereocenters. The number of benzene rings is 1. The summed E-state index contributed by atoms with van der Waals surface area (Å²) in [5, 5.41) is 3.37. The van der Waals surface area contributed by atoms with Crippen LogP contribution in [0, 0.1) is 0 Å². The summed E-state index contributed by atoms with van der Waals surface area (Å²) in [5.74, 6) is -0.0744. The number of anilines is 1. The molecule has 0 spiro atoms. The van der Waals surface area contributed by atoms with Crippen LogP contribution < -0.4 is 21.3 Å². The lowest BCUT2D eigenvalue weighted by Crippen LogP contribution is -2.30. The van der Waals surface area contributed by atoms with Gasteiger partial charge in [0.2, 0.25) is 0 Å². The fourth-order valence-electron chi connectivity index (χ4n) is 3.63. The van der Waals surface area contributed by atoms with E-state index in [4.69, 9.17) is 5.73 Å². The topological polar surface area (TPSA) is 95.3 Å². The van der Waals surface area contributed by atoms with Crippen LogP contribution in [0.15, 0.2) is 46.3 Å². The van der Waals surface area contributed by atoms with Gasteiger partial charge >= 0.3 is 6.18 Å². The number of rotatable bonds is 6. The highest BCUT2D eigenvalue weighted by Crippen LogP contribution is 2.34. The normalized spacial score (nSPS) is 17.0. The number of H-pyrrole nitrogens is 1. The first kappa shape index (κ1) is 22.2. The summed E-state index contributed by atoms with van der Waals surface area (Å²) >= 11 is 3.59. The van der Waals surface area contributed by atoms with E-state index >= 15 is 0 Å². The second-order valence-corrected chi connectivity index (χ2v) is 7.53. The van der Waals surface area contributed by atoms with E-state index in [1.807, 2.05) is 4.72 Å². The minimum Gasteiger partial charge on any atom is -0.383 e. The predicted octanol–water partition coefficient (Wildman–Crippen LogP) is 4.19. The largest absolute Gasteiger partial charge is 0.408 e. The highest BCUT2D eigenvalue weighted by molar-refractivity contribution is 7.78. The lowest BCUT2D eigenvalue weighted by Gasteiger charge is -2.24. The van der Waals surface area contributed by atoms with Gasteiger partial charge in [0.1, 0.15) is 17.4 Å². The number of nitrogens with one attached hydrogen (secondary N) is 3. The van der Waals surface area contributed by atoms with Gasteiger partial charge in [-0.15, -0.1) is 0 Å². The van der Waals surface area contributed by atoms with Crippen LogP contribution in [-0.4, -0.2) is 23.0 Å². The molecule has 1 aliphatic carbocycles. The zero-order valence-corrected chi connectivity index (χ0v) is 17.1. The van der Waals surface area contributed by atoms with Crippen molar-refractivity contribution in [3.63, 3.8) is 0 Å². The van der Waals surface area contributed by atoms with E-state index in [2.05, 4.69) is 28.1 Å². The summed E-state index contributed by atoms with van der Waals surface area (Å²) < 4.78 is 41.5. The van der Waals surface area contributed by atoms with E-state index < -0.39 is 17.8 Å². The van der Waals surface area contributed by atoms with Crippen LogP contribution in [0.25, 0.3) is 0 Å². The van der Waals surface area contributed by atoms with Crippen LogP contribution >= 0.6 is 12.8 Å². The van der Waals surface area contributed by atoms with Crippen molar-refractivity contribution < 1.29 is 13.2 Å². The lowest BCUT2D eigenvalue weighted by molar-refractivity contribution is -0.152. The number of nitrogens with zero attached hydrogens (tertiary/aromatic N) is 1. The Bertz CT molecular complexity index is 954. The van der Waals surface area contributed by atoms with Crippen molar-refractivity contribution in [1.82, 2.24) is 9.71 Å². The summed E-state index contributed by atoms with van der Waals surface area (Å²) in [4.78, 5) is 19.2. The number of hydrogen-bond acceptors (Lipinski definition) is 5. The van der Waals surface area contributed by atoms with E-state index in [-0.39, 0.29) is 28.7 Å². The maximum atomic E-state index is 13.2. The minimum atomic E-state index is -4.52. The number of aliphatic imine (C=N–C) groups is 1. The number of alkyl halides is 3. The Hall–Kier alpha value is -2.46. The Kier molecular flexibility index (Phi) is 7.09. The number of aromatic amines is 1. The summed E-state index contributed by atoms with van der Waals surface area (Å²) in [7, 11) is 0. The quantitative estimate of drug-likeness (QED) is 0.265. The molecule has 6 nitrogen and oxygen atoms in total. The molecule has 162 valence electrons. The van der Waals surface area contributed by atoms with Crippen LogP contribution in [0.1, 0.15) is 49.3 Å². The van der Waals surface area contributed by atoms with Crippen molar-refractivity contribution in [2.24, 2.45) is 10.7 Å². The SMILES string of the molecule is NC(=Nc1cccc([C@H](NS)C(F)(F)F)c1)c1c(NC2CCCCC2)cc[nH]c1=O. The molecule has 1 heterocycles. The third kappa shape index (κ3) is 5.37. The van der Waals surface area contributed by atoms with E-state index in [1.54, 1.807) is 6.07 Å². The molecule has 1 aromatic carbocycles. The van der Waals surface area contributed by atoms with Gasteiger partial charge in [-0.25, -0.2) is 4.99 Å². The van der Waals surface area contributed by atoms with E-state index in [1.165, 1.54) is 36.9 Å². The first-order valence-corrected chi connectivity index (χ1v) is 10.1. The molecule has 0 bridgehead atoms. The number of nitrogens with two attached hydrogens (primary N) is 1. The van der Waals surface area contributed by atoms with E-state index in [0.29, 0.717) is 5.69 Å². The maximum Gasteiger partial charge on any atom is 0.408 e. The number of halogens is 3. The molecule has 10 heteroatoms. The molecular weight excluding hydrogens is 415 g/mol. The summed E-state index contributed by atoms with van der Waals surface area (Å²) in [6.45, 7) is 0. The average molecular weight is 440 g/mol. The van der Waals surface area contributed by atoms with Crippen molar-refractivity contribution in [3.05, 3.63) is 58.0 Å². The minimum absolute atomic E-state index is 0.0610. The number of aromatic nitrogens is 1. The standard InChI is InChI=1S/C20H24F3N5OS/c21-20(22,23)17(28-30)12-5-4-8-14(11-12)27-18(24)16-15(9-10-25-19(16)29)26-13-6-2-1-3-7-13/h4-5,8-11,13,17,28,30H,1-3,6-7H2,(H2,24,27)(H2,25,26,29)/t17-/m0/s1. The van der Waals surface area contributed by atoms with Gasteiger partial charge in [-0.05, 0) is 36.6 Å². The molecule has 1 aromatic heterocycles. The number of thiol groups is 1. The van der Waals surface area contributed by atoms with Crippen molar-refractivity contribution in [2.45, 2.75) is 50.4 Å². The van der Waals surface area contributed by atoms with Gasteiger partial charge in [0.25, 0.3) is 5.56 Å². The highest BCUT2D eigenvalue weighted by Gasteiger charge is 2.40. The van der Waals surface area contributed by atoms with E-state index in [0.717, 1.165) is 25.7 Å². The third-order valence-corrected chi connectivity index (χ3v) is 5.35. The van der Waals surface area contributed by atoms with Crippen molar-refractivity contribution in [2.75, 3.05) is 5.32 Å². The Balaban J connectivity index is 1.92. The van der Waals surface area contributed by atoms with Gasteiger partial charge in [-0.3, -0.25) is 9.52 Å². The second kappa shape index (κ2) is 9.57. The monoisotopic (exact) mass is 439 g/mol. The first-order valence-electron chi connectivity index (χ1n) is 9.68. The van der Waals surface area contributed by atoms with Gasteiger partial charge in [-0.1, -0.05) is 44.2 Å². The van der Waals surface area contributed by atoms with Gasteiger partial charge in [0.15, 0.2) is 0 Å². The molecule has 0 saturated heterocycles. The molecule has 1 fully saturated rings. The van der Waals surface area contributed by atoms with Crippen molar-refractivity contribution in [1.29, 1.82) is 0 Å². The Morgan fingerprint density at radius 3 is 2.63 bits per heavy atom. The average Bonchev–Trinajstić information content (AvgIpc) is 2.68. The molecule has 1 saturated carbocycles. The second-order valence-electron chi connectivity index (χ2n) is 7.27. The maximum absolute atomic E-state index is 13.2. The molecular formula is C20H24F3N5OS. The Morgan fingerprint density at radius 2 is 1.97 bits per heavy atom. The molecule has 3 rings (SSSR count). The Morgan fingerprint density at radius 1 is 1.23 bits per heavy atom. The number of pyridine rings is 1. The predicted molar refractivity (Wildman–Crippen MR) is 115 cm³/mol. The zero-order chi connectivity index (χ0) is 21.7. The fraction of sp³-hybridized carbons (Fsp3) is 0.400. The highest BCUT2D eigenvalue weighted by atomic mass is 32.1. The van der Waals surface area contributed by atoms with Gasteiger partial charge in [0, 0.05) is 12.2 Å². The van der Waals surface area contributed by atoms with Crippen LogP contribution in [0.2, 0.25) is 0 Å². The van der Waals surface area contributed by atoms with Crippen LogP contribution in [0.5, 0.6) is 0 Å². The number of amidine groups is 1. The van der Waals surface area contributed by atoms with Crippen LogP contribution in [0.4, 0.5) is 24.5 Å². The number of hydrogen-bond donors (Lipinski definition) is 5. The molecule has 1 atom stereocenters. The lowest BCUT2D eigenvalue weighted by atomic mass is 9.95.